The topological polar surface area (TPSA) is 26.9 Å². The van der Waals surface area contributed by atoms with Gasteiger partial charge in [-0.1, -0.05) is 52.4 Å². The van der Waals surface area contributed by atoms with Gasteiger partial charge in [-0.05, 0) is 60.9 Å². The van der Waals surface area contributed by atoms with Crippen molar-refractivity contribution in [3.63, 3.8) is 0 Å². The third-order valence-corrected chi connectivity index (χ3v) is 7.59. The smallest absolute Gasteiger partial charge is 0.233 e. The summed E-state index contributed by atoms with van der Waals surface area (Å²) in [5.41, 5.74) is 3.18. The minimum Gasteiger partial charge on any atom is -0.618 e. The first-order valence-electron chi connectivity index (χ1n) is 11.1. The molecule has 0 amide bonds. The molecule has 0 atom stereocenters. The summed E-state index contributed by atoms with van der Waals surface area (Å²) in [5, 5.41) is 14.9. The van der Waals surface area contributed by atoms with Crippen molar-refractivity contribution >= 4 is 22.7 Å². The van der Waals surface area contributed by atoms with Crippen molar-refractivity contribution in [2.24, 2.45) is 0 Å². The van der Waals surface area contributed by atoms with Crippen molar-refractivity contribution < 1.29 is 4.73 Å². The molecule has 0 saturated heterocycles. The van der Waals surface area contributed by atoms with Crippen molar-refractivity contribution in [3.05, 3.63) is 57.6 Å². The van der Waals surface area contributed by atoms with E-state index in [1.54, 1.807) is 28.9 Å². The molecule has 0 bridgehead atoms. The zero-order valence-corrected chi connectivity index (χ0v) is 19.4. The lowest BCUT2D eigenvalue weighted by Crippen LogP contribution is -2.28. The molecule has 3 aromatic rings. The van der Waals surface area contributed by atoms with Crippen molar-refractivity contribution in [2.45, 2.75) is 78.1 Å². The normalized spacial score (nSPS) is 11.2. The minimum absolute atomic E-state index is 0.764. The third-order valence-electron chi connectivity index (χ3n) is 5.41. The predicted molar refractivity (Wildman–Crippen MR) is 128 cm³/mol. The van der Waals surface area contributed by atoms with Gasteiger partial charge in [-0.15, -0.1) is 22.7 Å². The van der Waals surface area contributed by atoms with Crippen LogP contribution in [0.5, 0.6) is 0 Å². The summed E-state index contributed by atoms with van der Waals surface area (Å²) in [6.45, 7) is 4.49. The van der Waals surface area contributed by atoms with E-state index in [2.05, 4.69) is 43.5 Å². The molecule has 3 heterocycles. The van der Waals surface area contributed by atoms with Crippen molar-refractivity contribution in [1.29, 1.82) is 0 Å². The zero-order valence-electron chi connectivity index (χ0n) is 17.8. The Morgan fingerprint density at radius 1 is 0.828 bits per heavy atom. The Morgan fingerprint density at radius 2 is 1.59 bits per heavy atom. The van der Waals surface area contributed by atoms with Crippen LogP contribution < -0.4 is 4.73 Å². The Kier molecular flexibility index (Phi) is 8.75. The number of hydrogen-bond acceptors (Lipinski definition) is 3. The average molecular weight is 428 g/mol. The molecule has 0 aliphatic heterocycles. The summed E-state index contributed by atoms with van der Waals surface area (Å²) in [6, 6.07) is 10.6. The van der Waals surface area contributed by atoms with E-state index < -0.39 is 0 Å². The number of thiophene rings is 2. The maximum atomic E-state index is 12.8. The van der Waals surface area contributed by atoms with E-state index >= 15 is 0 Å². The highest BCUT2D eigenvalue weighted by molar-refractivity contribution is 7.15. The minimum atomic E-state index is 0.764. The number of unbranched alkanes of at least 4 members (excludes halogenated alkanes) is 6. The van der Waals surface area contributed by atoms with Crippen molar-refractivity contribution in [2.75, 3.05) is 0 Å². The molecule has 0 unspecified atom stereocenters. The van der Waals surface area contributed by atoms with Gasteiger partial charge in [0.05, 0.1) is 5.56 Å². The highest BCUT2D eigenvalue weighted by Crippen LogP contribution is 2.32. The van der Waals surface area contributed by atoms with Crippen LogP contribution in [0.4, 0.5) is 0 Å². The van der Waals surface area contributed by atoms with Crippen LogP contribution in [0.2, 0.25) is 0 Å². The number of aromatic nitrogens is 1. The molecule has 2 nitrogen and oxygen atoms in total. The van der Waals surface area contributed by atoms with Crippen LogP contribution in [-0.2, 0) is 12.8 Å². The quantitative estimate of drug-likeness (QED) is 0.163. The van der Waals surface area contributed by atoms with Crippen LogP contribution in [0.15, 0.2) is 41.9 Å². The molecule has 0 radical (unpaired) electrons. The number of aryl methyl sites for hydroxylation is 2. The van der Waals surface area contributed by atoms with Gasteiger partial charge in [0.25, 0.3) is 0 Å². The first-order valence-corrected chi connectivity index (χ1v) is 12.8. The second-order valence-electron chi connectivity index (χ2n) is 7.79. The Morgan fingerprint density at radius 3 is 2.31 bits per heavy atom. The second-order valence-corrected chi connectivity index (χ2v) is 9.88. The molecule has 0 aliphatic carbocycles. The largest absolute Gasteiger partial charge is 0.618 e. The standard InChI is InChI=1S/C25H33NOS2/c1-3-5-7-9-11-20-17-18-28-25(20)21-13-15-23(26(27)19-21)24-16-14-22(29-24)12-10-8-6-4-2/h13-19H,3-12H2,1-2H3. The maximum Gasteiger partial charge on any atom is 0.233 e. The fourth-order valence-corrected chi connectivity index (χ4v) is 5.72. The van der Waals surface area contributed by atoms with Gasteiger partial charge >= 0.3 is 0 Å². The lowest BCUT2D eigenvalue weighted by molar-refractivity contribution is -0.592. The van der Waals surface area contributed by atoms with Crippen LogP contribution in [0.25, 0.3) is 21.0 Å². The molecule has 0 N–H and O–H groups in total. The Hall–Kier alpha value is -1.65. The van der Waals surface area contributed by atoms with Gasteiger partial charge in [-0.3, -0.25) is 0 Å². The Balaban J connectivity index is 1.68. The van der Waals surface area contributed by atoms with Gasteiger partial charge in [-0.2, -0.15) is 4.73 Å². The second kappa shape index (κ2) is 11.5. The lowest BCUT2D eigenvalue weighted by Gasteiger charge is -2.07. The van der Waals surface area contributed by atoms with E-state index in [4.69, 9.17) is 0 Å². The van der Waals surface area contributed by atoms with Crippen molar-refractivity contribution in [3.8, 4) is 21.0 Å². The Bertz CT molecular complexity index is 881. The lowest BCUT2D eigenvalue weighted by atomic mass is 10.0. The molecule has 0 fully saturated rings. The highest BCUT2D eigenvalue weighted by atomic mass is 32.1. The number of nitrogens with zero attached hydrogens (tertiary/aromatic N) is 1. The summed E-state index contributed by atoms with van der Waals surface area (Å²) in [6.07, 6.45) is 14.2. The first-order chi connectivity index (χ1) is 14.2. The third kappa shape index (κ3) is 6.16. The van der Waals surface area contributed by atoms with Crippen LogP contribution >= 0.6 is 22.7 Å². The van der Waals surface area contributed by atoms with E-state index in [9.17, 15) is 5.21 Å². The molecule has 0 aliphatic rings. The van der Waals surface area contributed by atoms with E-state index in [-0.39, 0.29) is 0 Å². The van der Waals surface area contributed by atoms with Gasteiger partial charge in [0.2, 0.25) is 5.69 Å². The maximum absolute atomic E-state index is 12.8. The van der Waals surface area contributed by atoms with Crippen LogP contribution in [-0.4, -0.2) is 0 Å². The zero-order chi connectivity index (χ0) is 20.5. The monoisotopic (exact) mass is 427 g/mol. The van der Waals surface area contributed by atoms with Crippen molar-refractivity contribution in [1.82, 2.24) is 0 Å². The fourth-order valence-electron chi connectivity index (χ4n) is 3.71. The van der Waals surface area contributed by atoms with Crippen LogP contribution in [0.3, 0.4) is 0 Å². The number of hydrogen-bond donors (Lipinski definition) is 0. The SMILES string of the molecule is CCCCCCc1ccc(-c2ccc(-c3sccc3CCCCCC)c[n+]2[O-])s1. The van der Waals surface area contributed by atoms with E-state index in [1.807, 2.05) is 6.07 Å². The van der Waals surface area contributed by atoms with Crippen LogP contribution in [0.1, 0.15) is 75.7 Å². The highest BCUT2D eigenvalue weighted by Gasteiger charge is 2.15. The van der Waals surface area contributed by atoms with E-state index in [1.165, 1.54) is 66.7 Å². The average Bonchev–Trinajstić information content (AvgIpc) is 3.38. The van der Waals surface area contributed by atoms with Gasteiger partial charge in [0.15, 0.2) is 6.20 Å². The predicted octanol–water partition coefficient (Wildman–Crippen LogP) is 8.02. The number of pyridine rings is 1. The summed E-state index contributed by atoms with van der Waals surface area (Å²) >= 11 is 3.51. The fraction of sp³-hybridized carbons (Fsp3) is 0.480. The molecule has 0 aromatic carbocycles. The summed E-state index contributed by atoms with van der Waals surface area (Å²) in [4.78, 5) is 3.70. The molecular formula is C25H33NOS2. The van der Waals surface area contributed by atoms with Gasteiger partial charge in [0.1, 0.15) is 4.88 Å². The molecule has 0 saturated carbocycles. The van der Waals surface area contributed by atoms with Gasteiger partial charge < -0.3 is 5.21 Å². The van der Waals surface area contributed by atoms with E-state index in [0.29, 0.717) is 0 Å². The first kappa shape index (κ1) is 22.0. The molecular weight excluding hydrogens is 394 g/mol. The molecule has 0 spiro atoms. The van der Waals surface area contributed by atoms with Gasteiger partial charge in [0, 0.05) is 15.8 Å². The van der Waals surface area contributed by atoms with Gasteiger partial charge in [-0.25, -0.2) is 0 Å². The molecule has 29 heavy (non-hydrogen) atoms. The van der Waals surface area contributed by atoms with Crippen LogP contribution in [0, 0.1) is 5.21 Å². The number of rotatable bonds is 12. The molecule has 156 valence electrons. The molecule has 4 heteroatoms. The summed E-state index contributed by atoms with van der Waals surface area (Å²) in [5.74, 6) is 0. The van der Waals surface area contributed by atoms with E-state index in [0.717, 1.165) is 33.7 Å². The summed E-state index contributed by atoms with van der Waals surface area (Å²) < 4.78 is 1.06. The Labute approximate surface area is 183 Å². The summed E-state index contributed by atoms with van der Waals surface area (Å²) in [7, 11) is 0. The molecule has 3 rings (SSSR count). The molecule has 3 aromatic heterocycles.